The molecule has 98 valence electrons. The summed E-state index contributed by atoms with van der Waals surface area (Å²) < 4.78 is 0. The number of carboxylic acid groups (broad SMARTS) is 1. The fraction of sp³-hybridized carbons (Fsp3) is 0.818. The van der Waals surface area contributed by atoms with Gasteiger partial charge in [-0.15, -0.1) is 0 Å². The van der Waals surface area contributed by atoms with Crippen LogP contribution in [-0.2, 0) is 9.59 Å². The summed E-state index contributed by atoms with van der Waals surface area (Å²) in [6, 6.07) is -0.532. The molecule has 1 fully saturated rings. The molecule has 0 spiro atoms. The maximum Gasteiger partial charge on any atom is 0.305 e. The third-order valence-corrected chi connectivity index (χ3v) is 2.87. The van der Waals surface area contributed by atoms with Gasteiger partial charge in [-0.05, 0) is 20.5 Å². The Balaban J connectivity index is 2.65. The van der Waals surface area contributed by atoms with Crippen molar-refractivity contribution in [1.82, 2.24) is 15.1 Å². The lowest BCUT2D eigenvalue weighted by Crippen LogP contribution is -2.47. The van der Waals surface area contributed by atoms with Crippen LogP contribution in [0, 0.1) is 0 Å². The van der Waals surface area contributed by atoms with Crippen molar-refractivity contribution in [1.29, 1.82) is 0 Å². The highest BCUT2D eigenvalue weighted by atomic mass is 16.4. The van der Waals surface area contributed by atoms with E-state index in [-0.39, 0.29) is 12.3 Å². The van der Waals surface area contributed by atoms with Gasteiger partial charge in [-0.1, -0.05) is 0 Å². The van der Waals surface area contributed by atoms with Gasteiger partial charge in [0.1, 0.15) is 0 Å². The molecule has 0 aromatic heterocycles. The average molecular weight is 243 g/mol. The van der Waals surface area contributed by atoms with Crippen molar-refractivity contribution in [2.24, 2.45) is 0 Å². The summed E-state index contributed by atoms with van der Waals surface area (Å²) in [4.78, 5) is 26.6. The minimum absolute atomic E-state index is 0.126. The monoisotopic (exact) mass is 243 g/mol. The number of carbonyl (C=O) groups excluding carboxylic acids is 1. The molecular weight excluding hydrogens is 222 g/mol. The van der Waals surface area contributed by atoms with Crippen molar-refractivity contribution in [2.45, 2.75) is 18.9 Å². The molecule has 0 bridgehead atoms. The number of carbonyl (C=O) groups is 2. The summed E-state index contributed by atoms with van der Waals surface area (Å²) in [6.45, 7) is 2.94. The Hall–Kier alpha value is -1.14. The Kier molecular flexibility index (Phi) is 5.37. The van der Waals surface area contributed by atoms with Gasteiger partial charge in [0, 0.05) is 26.2 Å². The second kappa shape index (κ2) is 6.56. The second-order valence-electron chi connectivity index (χ2n) is 4.60. The molecule has 1 rings (SSSR count). The smallest absolute Gasteiger partial charge is 0.305 e. The van der Waals surface area contributed by atoms with Gasteiger partial charge in [-0.2, -0.15) is 0 Å². The predicted octanol–water partition coefficient (Wildman–Crippen LogP) is -0.787. The highest BCUT2D eigenvalue weighted by molar-refractivity contribution is 5.86. The number of amides is 1. The highest BCUT2D eigenvalue weighted by Crippen LogP contribution is 2.09. The maximum absolute atomic E-state index is 11.8. The Labute approximate surface area is 102 Å². The van der Waals surface area contributed by atoms with Gasteiger partial charge in [0.05, 0.1) is 12.5 Å². The molecule has 1 heterocycles. The Morgan fingerprint density at radius 1 is 1.59 bits per heavy atom. The lowest BCUT2D eigenvalue weighted by Gasteiger charge is -2.28. The number of nitrogens with one attached hydrogen (secondary N) is 1. The van der Waals surface area contributed by atoms with E-state index in [0.29, 0.717) is 6.54 Å². The van der Waals surface area contributed by atoms with Crippen LogP contribution in [-0.4, -0.2) is 73.1 Å². The zero-order valence-electron chi connectivity index (χ0n) is 10.5. The third-order valence-electron chi connectivity index (χ3n) is 2.87. The molecule has 1 amide bonds. The first-order chi connectivity index (χ1) is 8.00. The molecule has 1 aliphatic heterocycles. The molecule has 0 saturated carbocycles. The molecule has 1 atom stereocenters. The van der Waals surface area contributed by atoms with Crippen LogP contribution in [0.1, 0.15) is 12.8 Å². The Bertz CT molecular complexity index is 281. The number of carboxylic acids is 1. The van der Waals surface area contributed by atoms with Crippen LogP contribution in [0.3, 0.4) is 0 Å². The molecular formula is C11H21N3O3. The van der Waals surface area contributed by atoms with E-state index in [1.165, 1.54) is 0 Å². The van der Waals surface area contributed by atoms with E-state index >= 15 is 0 Å². The highest BCUT2D eigenvalue weighted by Gasteiger charge is 2.29. The normalized spacial score (nSPS) is 22.3. The van der Waals surface area contributed by atoms with E-state index < -0.39 is 12.0 Å². The SMILES string of the molecule is CN(C)CCN1CCCNC(=O)C1CC(=O)O. The molecule has 1 saturated heterocycles. The average Bonchev–Trinajstić information content (AvgIpc) is 2.39. The van der Waals surface area contributed by atoms with Crippen molar-refractivity contribution in [2.75, 3.05) is 40.3 Å². The second-order valence-corrected chi connectivity index (χ2v) is 4.60. The summed E-state index contributed by atoms with van der Waals surface area (Å²) in [5.41, 5.74) is 0. The summed E-state index contributed by atoms with van der Waals surface area (Å²) in [5.74, 6) is -1.09. The van der Waals surface area contributed by atoms with Gasteiger partial charge in [0.25, 0.3) is 0 Å². The van der Waals surface area contributed by atoms with Crippen LogP contribution < -0.4 is 5.32 Å². The fourth-order valence-electron chi connectivity index (χ4n) is 1.92. The minimum atomic E-state index is -0.929. The van der Waals surface area contributed by atoms with Crippen molar-refractivity contribution in [3.8, 4) is 0 Å². The number of hydrogen-bond donors (Lipinski definition) is 2. The van der Waals surface area contributed by atoms with E-state index in [2.05, 4.69) is 5.32 Å². The van der Waals surface area contributed by atoms with Gasteiger partial charge in [-0.3, -0.25) is 14.5 Å². The summed E-state index contributed by atoms with van der Waals surface area (Å²) in [7, 11) is 3.92. The van der Waals surface area contributed by atoms with Crippen LogP contribution in [0.2, 0.25) is 0 Å². The number of hydrogen-bond acceptors (Lipinski definition) is 4. The molecule has 0 aliphatic carbocycles. The quantitative estimate of drug-likeness (QED) is 0.662. The molecule has 17 heavy (non-hydrogen) atoms. The lowest BCUT2D eigenvalue weighted by atomic mass is 10.1. The maximum atomic E-state index is 11.8. The standard InChI is InChI=1S/C11H21N3O3/c1-13(2)6-7-14-5-3-4-12-11(17)9(14)8-10(15)16/h9H,3-8H2,1-2H3,(H,12,17)(H,15,16). The van der Waals surface area contributed by atoms with Crippen molar-refractivity contribution < 1.29 is 14.7 Å². The molecule has 0 aromatic carbocycles. The van der Waals surface area contributed by atoms with E-state index in [0.717, 1.165) is 26.1 Å². The van der Waals surface area contributed by atoms with Crippen LogP contribution in [0.5, 0.6) is 0 Å². The van der Waals surface area contributed by atoms with Crippen molar-refractivity contribution in [3.63, 3.8) is 0 Å². The minimum Gasteiger partial charge on any atom is -0.481 e. The van der Waals surface area contributed by atoms with E-state index in [1.807, 2.05) is 23.9 Å². The zero-order valence-corrected chi connectivity index (χ0v) is 10.5. The van der Waals surface area contributed by atoms with Gasteiger partial charge in [0.15, 0.2) is 0 Å². The van der Waals surface area contributed by atoms with Gasteiger partial charge in [0.2, 0.25) is 5.91 Å². The fourth-order valence-corrected chi connectivity index (χ4v) is 1.92. The number of rotatable bonds is 5. The van der Waals surface area contributed by atoms with Crippen LogP contribution >= 0.6 is 0 Å². The number of likely N-dealkylation sites (N-methyl/N-ethyl adjacent to an activating group) is 1. The first kappa shape index (κ1) is 13.9. The molecule has 1 unspecified atom stereocenters. The molecule has 0 radical (unpaired) electrons. The molecule has 6 nitrogen and oxygen atoms in total. The first-order valence-electron chi connectivity index (χ1n) is 5.89. The van der Waals surface area contributed by atoms with Gasteiger partial charge >= 0.3 is 5.97 Å². The van der Waals surface area contributed by atoms with Crippen LogP contribution in [0.15, 0.2) is 0 Å². The third kappa shape index (κ3) is 4.70. The topological polar surface area (TPSA) is 72.9 Å². The lowest BCUT2D eigenvalue weighted by molar-refractivity contribution is -0.141. The zero-order chi connectivity index (χ0) is 12.8. The van der Waals surface area contributed by atoms with E-state index in [9.17, 15) is 9.59 Å². The molecule has 1 aliphatic rings. The summed E-state index contributed by atoms with van der Waals surface area (Å²) in [5, 5.41) is 11.6. The number of nitrogens with zero attached hydrogens (tertiary/aromatic N) is 2. The predicted molar refractivity (Wildman–Crippen MR) is 63.8 cm³/mol. The Morgan fingerprint density at radius 3 is 2.88 bits per heavy atom. The van der Waals surface area contributed by atoms with Crippen LogP contribution in [0.25, 0.3) is 0 Å². The number of aliphatic carboxylic acids is 1. The van der Waals surface area contributed by atoms with E-state index in [1.54, 1.807) is 0 Å². The van der Waals surface area contributed by atoms with Crippen molar-refractivity contribution in [3.05, 3.63) is 0 Å². The first-order valence-corrected chi connectivity index (χ1v) is 5.89. The van der Waals surface area contributed by atoms with Gasteiger partial charge < -0.3 is 15.3 Å². The molecule has 2 N–H and O–H groups in total. The molecule has 0 aromatic rings. The van der Waals surface area contributed by atoms with E-state index in [4.69, 9.17) is 5.11 Å². The Morgan fingerprint density at radius 2 is 2.29 bits per heavy atom. The van der Waals surface area contributed by atoms with Gasteiger partial charge in [-0.25, -0.2) is 0 Å². The van der Waals surface area contributed by atoms with Crippen molar-refractivity contribution >= 4 is 11.9 Å². The summed E-state index contributed by atoms with van der Waals surface area (Å²) >= 11 is 0. The largest absolute Gasteiger partial charge is 0.481 e. The summed E-state index contributed by atoms with van der Waals surface area (Å²) in [6.07, 6.45) is 0.745. The molecule has 6 heteroatoms. The van der Waals surface area contributed by atoms with Crippen LogP contribution in [0.4, 0.5) is 0 Å².